The van der Waals surface area contributed by atoms with E-state index in [0.29, 0.717) is 18.6 Å². The Morgan fingerprint density at radius 2 is 1.71 bits per heavy atom. The number of hydrogen-bond donors (Lipinski definition) is 1. The fourth-order valence-electron chi connectivity index (χ4n) is 4.72. The quantitative estimate of drug-likeness (QED) is 0.712. The fraction of sp³-hybridized carbons (Fsp3) is 0.480. The maximum Gasteiger partial charge on any atom is 0.238 e. The topological polar surface area (TPSA) is 32.3 Å². The molecule has 0 spiro atoms. The molecule has 148 valence electrons. The van der Waals surface area contributed by atoms with Gasteiger partial charge in [0.05, 0.1) is 6.54 Å². The van der Waals surface area contributed by atoms with E-state index in [1.807, 2.05) is 0 Å². The van der Waals surface area contributed by atoms with Crippen molar-refractivity contribution in [3.05, 3.63) is 64.7 Å². The molecular formula is C25H32N2O. The number of fused-ring (bicyclic) bond motifs is 1. The SMILES string of the molecule is CCc1cccc(CC)c1NC(=O)CN(C1CC1)C1CCCc2ccccc21. The average molecular weight is 377 g/mol. The third-order valence-electron chi connectivity index (χ3n) is 6.34. The molecule has 1 N–H and O–H groups in total. The lowest BCUT2D eigenvalue weighted by molar-refractivity contribution is -0.118. The van der Waals surface area contributed by atoms with E-state index in [9.17, 15) is 4.79 Å². The third-order valence-corrected chi connectivity index (χ3v) is 6.34. The molecule has 2 aromatic carbocycles. The molecule has 1 saturated carbocycles. The number of nitrogens with zero attached hydrogens (tertiary/aromatic N) is 1. The van der Waals surface area contributed by atoms with Gasteiger partial charge in [0.25, 0.3) is 0 Å². The number of carbonyl (C=O) groups excluding carboxylic acids is 1. The largest absolute Gasteiger partial charge is 0.324 e. The first-order valence-corrected chi connectivity index (χ1v) is 10.9. The van der Waals surface area contributed by atoms with Crippen LogP contribution in [0.1, 0.15) is 67.8 Å². The average Bonchev–Trinajstić information content (AvgIpc) is 3.57. The lowest BCUT2D eigenvalue weighted by Gasteiger charge is -2.35. The Hall–Kier alpha value is -2.13. The number of nitrogens with one attached hydrogen (secondary N) is 1. The highest BCUT2D eigenvalue weighted by atomic mass is 16.2. The number of para-hydroxylation sites is 1. The number of amides is 1. The fourth-order valence-corrected chi connectivity index (χ4v) is 4.72. The van der Waals surface area contributed by atoms with Crippen LogP contribution in [0.4, 0.5) is 5.69 Å². The van der Waals surface area contributed by atoms with Crippen LogP contribution in [-0.4, -0.2) is 23.4 Å². The van der Waals surface area contributed by atoms with Crippen LogP contribution in [0, 0.1) is 0 Å². The van der Waals surface area contributed by atoms with Gasteiger partial charge in [-0.25, -0.2) is 0 Å². The summed E-state index contributed by atoms with van der Waals surface area (Å²) in [6.07, 6.45) is 7.85. The summed E-state index contributed by atoms with van der Waals surface area (Å²) < 4.78 is 0. The number of benzene rings is 2. The molecule has 0 aliphatic heterocycles. The number of carbonyl (C=O) groups is 1. The third kappa shape index (κ3) is 4.00. The summed E-state index contributed by atoms with van der Waals surface area (Å²) in [5.41, 5.74) is 6.41. The lowest BCUT2D eigenvalue weighted by Crippen LogP contribution is -2.39. The van der Waals surface area contributed by atoms with Crippen molar-refractivity contribution in [2.45, 2.75) is 70.9 Å². The van der Waals surface area contributed by atoms with Crippen molar-refractivity contribution in [2.75, 3.05) is 11.9 Å². The highest BCUT2D eigenvalue weighted by Crippen LogP contribution is 2.40. The molecule has 0 saturated heterocycles. The highest BCUT2D eigenvalue weighted by molar-refractivity contribution is 5.94. The van der Waals surface area contributed by atoms with Crippen LogP contribution in [0.25, 0.3) is 0 Å². The zero-order chi connectivity index (χ0) is 19.5. The van der Waals surface area contributed by atoms with Gasteiger partial charge in [-0.3, -0.25) is 9.69 Å². The van der Waals surface area contributed by atoms with Crippen LogP contribution < -0.4 is 5.32 Å². The van der Waals surface area contributed by atoms with E-state index >= 15 is 0 Å². The molecule has 28 heavy (non-hydrogen) atoms. The second-order valence-corrected chi connectivity index (χ2v) is 8.22. The minimum absolute atomic E-state index is 0.130. The number of aryl methyl sites for hydroxylation is 3. The summed E-state index contributed by atoms with van der Waals surface area (Å²) in [5.74, 6) is 0.130. The molecule has 0 heterocycles. The Labute approximate surface area is 169 Å². The molecule has 2 aliphatic carbocycles. The van der Waals surface area contributed by atoms with Crippen LogP contribution in [-0.2, 0) is 24.1 Å². The second kappa shape index (κ2) is 8.48. The van der Waals surface area contributed by atoms with Crippen molar-refractivity contribution in [2.24, 2.45) is 0 Å². The van der Waals surface area contributed by atoms with E-state index in [1.165, 1.54) is 47.9 Å². The molecule has 0 aromatic heterocycles. The van der Waals surface area contributed by atoms with Crippen molar-refractivity contribution < 1.29 is 4.79 Å². The normalized spacial score (nSPS) is 18.8. The number of hydrogen-bond acceptors (Lipinski definition) is 2. The minimum atomic E-state index is 0.130. The van der Waals surface area contributed by atoms with Gasteiger partial charge in [-0.05, 0) is 67.2 Å². The molecule has 1 atom stereocenters. The Kier molecular flexibility index (Phi) is 5.82. The van der Waals surface area contributed by atoms with Gasteiger partial charge in [-0.1, -0.05) is 56.3 Å². The summed E-state index contributed by atoms with van der Waals surface area (Å²) >= 11 is 0. The van der Waals surface area contributed by atoms with Crippen molar-refractivity contribution in [1.29, 1.82) is 0 Å². The van der Waals surface area contributed by atoms with E-state index < -0.39 is 0 Å². The molecule has 1 amide bonds. The van der Waals surface area contributed by atoms with E-state index in [4.69, 9.17) is 0 Å². The highest BCUT2D eigenvalue weighted by Gasteiger charge is 2.37. The predicted octanol–water partition coefficient (Wildman–Crippen LogP) is 5.29. The van der Waals surface area contributed by atoms with Crippen LogP contribution >= 0.6 is 0 Å². The van der Waals surface area contributed by atoms with Crippen molar-refractivity contribution in [1.82, 2.24) is 4.90 Å². The predicted molar refractivity (Wildman–Crippen MR) is 116 cm³/mol. The molecule has 1 unspecified atom stereocenters. The molecule has 0 bridgehead atoms. The first kappa shape index (κ1) is 19.2. The first-order valence-electron chi connectivity index (χ1n) is 10.9. The Morgan fingerprint density at radius 3 is 2.39 bits per heavy atom. The Bertz CT molecular complexity index is 818. The van der Waals surface area contributed by atoms with Crippen LogP contribution in [0.2, 0.25) is 0 Å². The monoisotopic (exact) mass is 376 g/mol. The van der Waals surface area contributed by atoms with Gasteiger partial charge >= 0.3 is 0 Å². The summed E-state index contributed by atoms with van der Waals surface area (Å²) in [5, 5.41) is 3.28. The smallest absolute Gasteiger partial charge is 0.238 e. The molecule has 0 radical (unpaired) electrons. The zero-order valence-electron chi connectivity index (χ0n) is 17.2. The number of rotatable bonds is 7. The molecular weight excluding hydrogens is 344 g/mol. The van der Waals surface area contributed by atoms with Gasteiger partial charge in [0.1, 0.15) is 0 Å². The van der Waals surface area contributed by atoms with Gasteiger partial charge in [-0.2, -0.15) is 0 Å². The van der Waals surface area contributed by atoms with E-state index in [-0.39, 0.29) is 5.91 Å². The standard InChI is InChI=1S/C25H32N2O/c1-3-18-10-7-11-19(4-2)25(18)26-24(28)17-27(21-15-16-21)23-14-8-12-20-9-5-6-13-22(20)23/h5-7,9-11,13,21,23H,3-4,8,12,14-17H2,1-2H3,(H,26,28). The summed E-state index contributed by atoms with van der Waals surface area (Å²) in [4.78, 5) is 15.6. The molecule has 3 heteroatoms. The van der Waals surface area contributed by atoms with E-state index in [0.717, 1.165) is 24.9 Å². The Morgan fingerprint density at radius 1 is 1.00 bits per heavy atom. The molecule has 2 aliphatic rings. The maximum absolute atomic E-state index is 13.1. The second-order valence-electron chi connectivity index (χ2n) is 8.22. The molecule has 4 rings (SSSR count). The van der Waals surface area contributed by atoms with Gasteiger partial charge < -0.3 is 5.32 Å². The Balaban J connectivity index is 1.54. The van der Waals surface area contributed by atoms with Crippen LogP contribution in [0.3, 0.4) is 0 Å². The summed E-state index contributed by atoms with van der Waals surface area (Å²) in [7, 11) is 0. The van der Waals surface area contributed by atoms with Gasteiger partial charge in [0.2, 0.25) is 5.91 Å². The van der Waals surface area contributed by atoms with Crippen LogP contribution in [0.5, 0.6) is 0 Å². The van der Waals surface area contributed by atoms with Gasteiger partial charge in [0, 0.05) is 17.8 Å². The maximum atomic E-state index is 13.1. The zero-order valence-corrected chi connectivity index (χ0v) is 17.2. The number of anilines is 1. The lowest BCUT2D eigenvalue weighted by atomic mass is 9.86. The molecule has 1 fully saturated rings. The summed E-state index contributed by atoms with van der Waals surface area (Å²) in [6.45, 7) is 4.80. The van der Waals surface area contributed by atoms with Crippen molar-refractivity contribution in [3.8, 4) is 0 Å². The van der Waals surface area contributed by atoms with Gasteiger partial charge in [0.15, 0.2) is 0 Å². The van der Waals surface area contributed by atoms with Crippen LogP contribution in [0.15, 0.2) is 42.5 Å². The van der Waals surface area contributed by atoms with E-state index in [2.05, 4.69) is 66.5 Å². The molecule has 3 nitrogen and oxygen atoms in total. The summed E-state index contributed by atoms with van der Waals surface area (Å²) in [6, 6.07) is 16.1. The van der Waals surface area contributed by atoms with Gasteiger partial charge in [-0.15, -0.1) is 0 Å². The molecule has 2 aromatic rings. The van der Waals surface area contributed by atoms with E-state index in [1.54, 1.807) is 0 Å². The minimum Gasteiger partial charge on any atom is -0.324 e. The van der Waals surface area contributed by atoms with Crippen molar-refractivity contribution in [3.63, 3.8) is 0 Å². The van der Waals surface area contributed by atoms with Crippen molar-refractivity contribution >= 4 is 11.6 Å². The first-order chi connectivity index (χ1) is 13.7.